The maximum atomic E-state index is 13.7. The summed E-state index contributed by atoms with van der Waals surface area (Å²) in [5.41, 5.74) is 4.80. The second kappa shape index (κ2) is 12.6. The topological polar surface area (TPSA) is 69.7 Å². The second-order valence-electron chi connectivity index (χ2n) is 10.5. The third-order valence-corrected chi connectivity index (χ3v) is 8.97. The van der Waals surface area contributed by atoms with Crippen LogP contribution in [0.2, 0.25) is 0 Å². The van der Waals surface area contributed by atoms with Crippen LogP contribution in [0.4, 0.5) is 5.69 Å². The predicted molar refractivity (Wildman–Crippen MR) is 154 cm³/mol. The third-order valence-electron chi connectivity index (χ3n) is 7.18. The molecular formula is C31H39N3O3S. The lowest BCUT2D eigenvalue weighted by Crippen LogP contribution is -2.40. The average Bonchev–Trinajstić information content (AvgIpc) is 2.92. The summed E-state index contributed by atoms with van der Waals surface area (Å²) < 4.78 is 28.6. The highest BCUT2D eigenvalue weighted by molar-refractivity contribution is 7.92. The number of carbonyl (C=O) groups is 1. The lowest BCUT2D eigenvalue weighted by Gasteiger charge is -2.27. The van der Waals surface area contributed by atoms with Gasteiger partial charge in [0, 0.05) is 13.1 Å². The average molecular weight is 534 g/mol. The summed E-state index contributed by atoms with van der Waals surface area (Å²) in [5, 5.41) is 2.98. The Morgan fingerprint density at radius 1 is 0.895 bits per heavy atom. The Morgan fingerprint density at radius 3 is 2.16 bits per heavy atom. The summed E-state index contributed by atoms with van der Waals surface area (Å²) >= 11 is 0. The van der Waals surface area contributed by atoms with Crippen LogP contribution < -0.4 is 9.62 Å². The SMILES string of the molecule is Cc1ccc(S(=O)(=O)N(CC(=O)NCc2ccccc2CN2CCCCC2)c2ccc(C(C)C)cc2)cc1. The first-order chi connectivity index (χ1) is 18.2. The lowest BCUT2D eigenvalue weighted by atomic mass is 10.0. The van der Waals surface area contributed by atoms with Crippen molar-refractivity contribution in [2.24, 2.45) is 0 Å². The molecule has 0 aliphatic carbocycles. The first-order valence-corrected chi connectivity index (χ1v) is 14.9. The smallest absolute Gasteiger partial charge is 0.264 e. The van der Waals surface area contributed by atoms with Crippen molar-refractivity contribution in [3.05, 3.63) is 95.1 Å². The Morgan fingerprint density at radius 2 is 1.53 bits per heavy atom. The molecule has 0 unspecified atom stereocenters. The first kappa shape index (κ1) is 27.9. The van der Waals surface area contributed by atoms with Gasteiger partial charge < -0.3 is 5.32 Å². The number of carbonyl (C=O) groups excluding carboxylic acids is 1. The van der Waals surface area contributed by atoms with Crippen LogP contribution in [0.1, 0.15) is 61.3 Å². The van der Waals surface area contributed by atoms with Crippen LogP contribution in [0.25, 0.3) is 0 Å². The summed E-state index contributed by atoms with van der Waals surface area (Å²) in [6.07, 6.45) is 3.74. The maximum Gasteiger partial charge on any atom is 0.264 e. The highest BCUT2D eigenvalue weighted by Crippen LogP contribution is 2.26. The number of piperidine rings is 1. The maximum absolute atomic E-state index is 13.7. The largest absolute Gasteiger partial charge is 0.350 e. The summed E-state index contributed by atoms with van der Waals surface area (Å²) in [6.45, 7) is 9.21. The van der Waals surface area contributed by atoms with E-state index in [1.807, 2.05) is 37.3 Å². The molecule has 1 heterocycles. The lowest BCUT2D eigenvalue weighted by molar-refractivity contribution is -0.119. The Balaban J connectivity index is 1.52. The number of aryl methyl sites for hydroxylation is 1. The molecule has 4 rings (SSSR count). The van der Waals surface area contributed by atoms with Crippen molar-refractivity contribution < 1.29 is 13.2 Å². The molecule has 38 heavy (non-hydrogen) atoms. The van der Waals surface area contributed by atoms with Gasteiger partial charge in [0.2, 0.25) is 5.91 Å². The van der Waals surface area contributed by atoms with Crippen LogP contribution >= 0.6 is 0 Å². The minimum Gasteiger partial charge on any atom is -0.350 e. The molecule has 6 nitrogen and oxygen atoms in total. The van der Waals surface area contributed by atoms with Gasteiger partial charge in [-0.05, 0) is 79.7 Å². The van der Waals surface area contributed by atoms with Gasteiger partial charge in [-0.15, -0.1) is 0 Å². The van der Waals surface area contributed by atoms with Crippen LogP contribution in [0.3, 0.4) is 0 Å². The van der Waals surface area contributed by atoms with Gasteiger partial charge in [-0.2, -0.15) is 0 Å². The van der Waals surface area contributed by atoms with Gasteiger partial charge in [-0.25, -0.2) is 8.42 Å². The van der Waals surface area contributed by atoms with Crippen LogP contribution in [-0.2, 0) is 27.9 Å². The number of anilines is 1. The molecular weight excluding hydrogens is 494 g/mol. The minimum absolute atomic E-state index is 0.163. The quantitative estimate of drug-likeness (QED) is 0.367. The van der Waals surface area contributed by atoms with Crippen molar-refractivity contribution in [2.45, 2.75) is 63.9 Å². The molecule has 0 spiro atoms. The normalized spacial score (nSPS) is 14.4. The Bertz CT molecular complexity index is 1310. The predicted octanol–water partition coefficient (Wildman–Crippen LogP) is 5.62. The zero-order valence-electron chi connectivity index (χ0n) is 22.7. The highest BCUT2D eigenvalue weighted by Gasteiger charge is 2.27. The number of hydrogen-bond donors (Lipinski definition) is 1. The number of nitrogens with one attached hydrogen (secondary N) is 1. The zero-order chi connectivity index (χ0) is 27.1. The molecule has 1 amide bonds. The van der Waals surface area contributed by atoms with Gasteiger partial charge in [0.25, 0.3) is 10.0 Å². The van der Waals surface area contributed by atoms with E-state index in [-0.39, 0.29) is 17.3 Å². The van der Waals surface area contributed by atoms with Gasteiger partial charge in [0.05, 0.1) is 10.6 Å². The Kier molecular flexibility index (Phi) is 9.23. The van der Waals surface area contributed by atoms with Crippen molar-refractivity contribution in [1.29, 1.82) is 0 Å². The van der Waals surface area contributed by atoms with E-state index in [9.17, 15) is 13.2 Å². The molecule has 1 fully saturated rings. The van der Waals surface area contributed by atoms with E-state index >= 15 is 0 Å². The number of nitrogens with zero attached hydrogens (tertiary/aromatic N) is 2. The Hall–Kier alpha value is -3.16. The van der Waals surface area contributed by atoms with Gasteiger partial charge >= 0.3 is 0 Å². The summed E-state index contributed by atoms with van der Waals surface area (Å²) in [5.74, 6) is -0.0269. The second-order valence-corrected chi connectivity index (χ2v) is 12.3. The van der Waals surface area contributed by atoms with E-state index in [1.54, 1.807) is 36.4 Å². The van der Waals surface area contributed by atoms with E-state index < -0.39 is 10.0 Å². The summed E-state index contributed by atoms with van der Waals surface area (Å²) in [7, 11) is -3.94. The number of sulfonamides is 1. The molecule has 1 aliphatic heterocycles. The zero-order valence-corrected chi connectivity index (χ0v) is 23.5. The Labute approximate surface area is 227 Å². The van der Waals surface area contributed by atoms with Crippen molar-refractivity contribution >= 4 is 21.6 Å². The fourth-order valence-corrected chi connectivity index (χ4v) is 6.22. The van der Waals surface area contributed by atoms with Gasteiger partial charge in [0.15, 0.2) is 0 Å². The fraction of sp³-hybridized carbons (Fsp3) is 0.387. The fourth-order valence-electron chi connectivity index (χ4n) is 4.80. The molecule has 0 saturated carbocycles. The number of amides is 1. The van der Waals surface area contributed by atoms with Crippen LogP contribution in [0.15, 0.2) is 77.7 Å². The van der Waals surface area contributed by atoms with Crippen molar-refractivity contribution in [3.63, 3.8) is 0 Å². The van der Waals surface area contributed by atoms with E-state index in [1.165, 1.54) is 29.1 Å². The standard InChI is InChI=1S/C31H39N3O3S/c1-24(2)26-13-15-29(16-14-26)34(38(36,37)30-17-11-25(3)12-18-30)23-31(35)32-21-27-9-5-6-10-28(27)22-33-19-7-4-8-20-33/h5-6,9-18,24H,4,7-8,19-23H2,1-3H3,(H,32,35). The van der Waals surface area contributed by atoms with Gasteiger partial charge in [0.1, 0.15) is 6.54 Å². The van der Waals surface area contributed by atoms with E-state index in [0.29, 0.717) is 18.2 Å². The summed E-state index contributed by atoms with van der Waals surface area (Å²) in [6, 6.07) is 22.3. The van der Waals surface area contributed by atoms with Crippen molar-refractivity contribution in [1.82, 2.24) is 10.2 Å². The van der Waals surface area contributed by atoms with Crippen LogP contribution in [-0.4, -0.2) is 38.9 Å². The highest BCUT2D eigenvalue weighted by atomic mass is 32.2. The van der Waals surface area contributed by atoms with E-state index in [2.05, 4.69) is 30.1 Å². The molecule has 3 aromatic rings. The molecule has 0 radical (unpaired) electrons. The molecule has 0 atom stereocenters. The first-order valence-electron chi connectivity index (χ1n) is 13.5. The summed E-state index contributed by atoms with van der Waals surface area (Å²) in [4.78, 5) is 15.8. The van der Waals surface area contributed by atoms with Crippen molar-refractivity contribution in [3.8, 4) is 0 Å². The molecule has 3 aromatic carbocycles. The molecule has 7 heteroatoms. The van der Waals surface area contributed by atoms with E-state index in [0.717, 1.165) is 36.3 Å². The minimum atomic E-state index is -3.94. The third kappa shape index (κ3) is 7.03. The number of hydrogen-bond acceptors (Lipinski definition) is 4. The van der Waals surface area contributed by atoms with E-state index in [4.69, 9.17) is 0 Å². The number of rotatable bonds is 10. The van der Waals surface area contributed by atoms with Crippen LogP contribution in [0, 0.1) is 6.92 Å². The van der Waals surface area contributed by atoms with Crippen molar-refractivity contribution in [2.75, 3.05) is 23.9 Å². The molecule has 1 aliphatic rings. The van der Waals surface area contributed by atoms with Crippen LogP contribution in [0.5, 0.6) is 0 Å². The molecule has 202 valence electrons. The van der Waals surface area contributed by atoms with Gasteiger partial charge in [-0.1, -0.05) is 74.4 Å². The molecule has 0 aromatic heterocycles. The molecule has 0 bridgehead atoms. The molecule has 1 N–H and O–H groups in total. The monoisotopic (exact) mass is 533 g/mol. The number of benzene rings is 3. The molecule has 1 saturated heterocycles. The van der Waals surface area contributed by atoms with Gasteiger partial charge in [-0.3, -0.25) is 14.0 Å². The number of likely N-dealkylation sites (tertiary alicyclic amines) is 1.